The van der Waals surface area contributed by atoms with E-state index in [0.717, 1.165) is 17.0 Å². The van der Waals surface area contributed by atoms with E-state index in [0.29, 0.717) is 18.1 Å². The van der Waals surface area contributed by atoms with E-state index in [1.54, 1.807) is 11.6 Å². The standard InChI is InChI=1S/C16H18N4O2/c1-4-22-13-7-5-12(6-8-13)15-14(11(3)21)10(2)19-16-17-9-18-20(15)16/h5-9,15H,4H2,1-3H3,(H,17,18,19)/t15-/m1/s1. The number of hydrogen-bond donors (Lipinski definition) is 1. The molecule has 0 spiro atoms. The minimum absolute atomic E-state index is 0.0186. The minimum atomic E-state index is -0.271. The van der Waals surface area contributed by atoms with Crippen molar-refractivity contribution in [3.63, 3.8) is 0 Å². The highest BCUT2D eigenvalue weighted by Crippen LogP contribution is 2.35. The molecule has 0 unspecified atom stereocenters. The lowest BCUT2D eigenvalue weighted by atomic mass is 9.93. The molecule has 6 heteroatoms. The molecule has 114 valence electrons. The first-order valence-electron chi connectivity index (χ1n) is 7.22. The van der Waals surface area contributed by atoms with Crippen LogP contribution in [0.1, 0.15) is 32.4 Å². The van der Waals surface area contributed by atoms with Gasteiger partial charge in [0.05, 0.1) is 6.61 Å². The van der Waals surface area contributed by atoms with Crippen LogP contribution in [0.15, 0.2) is 41.9 Å². The Balaban J connectivity index is 2.08. The third-order valence-electron chi connectivity index (χ3n) is 3.68. The Morgan fingerprint density at radius 2 is 2.09 bits per heavy atom. The molecule has 0 bridgehead atoms. The molecule has 0 aliphatic carbocycles. The largest absolute Gasteiger partial charge is 0.494 e. The highest BCUT2D eigenvalue weighted by atomic mass is 16.5. The lowest BCUT2D eigenvalue weighted by Crippen LogP contribution is -2.27. The maximum Gasteiger partial charge on any atom is 0.226 e. The summed E-state index contributed by atoms with van der Waals surface area (Å²) in [7, 11) is 0. The maximum atomic E-state index is 12.1. The fourth-order valence-electron chi connectivity index (χ4n) is 2.77. The Hall–Kier alpha value is -2.63. The summed E-state index contributed by atoms with van der Waals surface area (Å²) in [5.74, 6) is 1.47. The van der Waals surface area contributed by atoms with Crippen molar-refractivity contribution in [3.8, 4) is 5.75 Å². The van der Waals surface area contributed by atoms with Crippen LogP contribution >= 0.6 is 0 Å². The summed E-state index contributed by atoms with van der Waals surface area (Å²) in [6.07, 6.45) is 1.49. The number of ether oxygens (including phenoxy) is 1. The second-order valence-corrected chi connectivity index (χ2v) is 5.15. The van der Waals surface area contributed by atoms with Crippen molar-refractivity contribution in [2.24, 2.45) is 0 Å². The molecule has 2 heterocycles. The van der Waals surface area contributed by atoms with E-state index in [2.05, 4.69) is 15.4 Å². The van der Waals surface area contributed by atoms with Crippen LogP contribution in [0.3, 0.4) is 0 Å². The van der Waals surface area contributed by atoms with E-state index in [-0.39, 0.29) is 11.8 Å². The van der Waals surface area contributed by atoms with E-state index in [9.17, 15) is 4.79 Å². The van der Waals surface area contributed by atoms with Gasteiger partial charge in [-0.15, -0.1) is 0 Å². The molecule has 0 amide bonds. The number of allylic oxidation sites excluding steroid dienone is 2. The summed E-state index contributed by atoms with van der Waals surface area (Å²) < 4.78 is 7.21. The SMILES string of the molecule is CCOc1ccc([C@@H]2C(C(C)=O)=C(C)Nc3ncnn32)cc1. The minimum Gasteiger partial charge on any atom is -0.494 e. The summed E-state index contributed by atoms with van der Waals surface area (Å²) in [6, 6.07) is 7.47. The molecule has 1 aliphatic heterocycles. The van der Waals surface area contributed by atoms with Gasteiger partial charge in [0.2, 0.25) is 5.95 Å². The summed E-state index contributed by atoms with van der Waals surface area (Å²) in [5.41, 5.74) is 2.48. The predicted molar refractivity (Wildman–Crippen MR) is 82.8 cm³/mol. The number of hydrogen-bond acceptors (Lipinski definition) is 5. The molecule has 2 aromatic rings. The average Bonchev–Trinajstić information content (AvgIpc) is 2.94. The Labute approximate surface area is 128 Å². The Kier molecular flexibility index (Phi) is 3.66. The molecule has 0 fully saturated rings. The molecule has 1 aromatic carbocycles. The molecule has 1 aliphatic rings. The molecular weight excluding hydrogens is 280 g/mol. The molecule has 1 atom stereocenters. The number of rotatable bonds is 4. The van der Waals surface area contributed by atoms with Crippen molar-refractivity contribution in [2.45, 2.75) is 26.8 Å². The number of Topliss-reactive ketones (excluding diaryl/α,β-unsaturated/α-hetero) is 1. The van der Waals surface area contributed by atoms with Crippen LogP contribution in [0.5, 0.6) is 5.75 Å². The molecule has 0 radical (unpaired) electrons. The van der Waals surface area contributed by atoms with Gasteiger partial charge in [0.1, 0.15) is 18.1 Å². The number of anilines is 1. The van der Waals surface area contributed by atoms with Gasteiger partial charge in [-0.2, -0.15) is 10.1 Å². The fraction of sp³-hybridized carbons (Fsp3) is 0.312. The van der Waals surface area contributed by atoms with Crippen LogP contribution in [-0.2, 0) is 4.79 Å². The monoisotopic (exact) mass is 298 g/mol. The molecule has 0 saturated carbocycles. The molecule has 22 heavy (non-hydrogen) atoms. The molecule has 1 N–H and O–H groups in total. The van der Waals surface area contributed by atoms with Gasteiger partial charge in [-0.1, -0.05) is 12.1 Å². The third-order valence-corrected chi connectivity index (χ3v) is 3.68. The molecule has 0 saturated heterocycles. The average molecular weight is 298 g/mol. The Morgan fingerprint density at radius 3 is 2.73 bits per heavy atom. The van der Waals surface area contributed by atoms with Crippen LogP contribution in [0.2, 0.25) is 0 Å². The normalized spacial score (nSPS) is 17.0. The lowest BCUT2D eigenvalue weighted by Gasteiger charge is -2.28. The smallest absolute Gasteiger partial charge is 0.226 e. The van der Waals surface area contributed by atoms with Crippen LogP contribution in [0, 0.1) is 0 Å². The maximum absolute atomic E-state index is 12.1. The zero-order valence-corrected chi connectivity index (χ0v) is 12.8. The van der Waals surface area contributed by atoms with Crippen molar-refractivity contribution in [1.82, 2.24) is 14.8 Å². The first-order valence-corrected chi connectivity index (χ1v) is 7.22. The summed E-state index contributed by atoms with van der Waals surface area (Å²) >= 11 is 0. The lowest BCUT2D eigenvalue weighted by molar-refractivity contribution is -0.114. The zero-order chi connectivity index (χ0) is 15.7. The summed E-state index contributed by atoms with van der Waals surface area (Å²) in [6.45, 7) is 6.03. The van der Waals surface area contributed by atoms with E-state index >= 15 is 0 Å². The number of nitrogens with zero attached hydrogens (tertiary/aromatic N) is 3. The van der Waals surface area contributed by atoms with Crippen LogP contribution < -0.4 is 10.1 Å². The van der Waals surface area contributed by atoms with Crippen LogP contribution in [0.4, 0.5) is 5.95 Å². The highest BCUT2D eigenvalue weighted by Gasteiger charge is 2.31. The van der Waals surface area contributed by atoms with Crippen molar-refractivity contribution < 1.29 is 9.53 Å². The van der Waals surface area contributed by atoms with Gasteiger partial charge in [-0.05, 0) is 38.5 Å². The van der Waals surface area contributed by atoms with Crippen molar-refractivity contribution in [3.05, 3.63) is 47.4 Å². The second-order valence-electron chi connectivity index (χ2n) is 5.15. The number of ketones is 1. The quantitative estimate of drug-likeness (QED) is 0.939. The fourth-order valence-corrected chi connectivity index (χ4v) is 2.77. The molecular formula is C16H18N4O2. The number of carbonyl (C=O) groups is 1. The number of carbonyl (C=O) groups excluding carboxylic acids is 1. The first kappa shape index (κ1) is 14.3. The highest BCUT2D eigenvalue weighted by molar-refractivity contribution is 5.96. The van der Waals surface area contributed by atoms with Crippen molar-refractivity contribution >= 4 is 11.7 Å². The number of benzene rings is 1. The summed E-state index contributed by atoms with van der Waals surface area (Å²) in [4.78, 5) is 16.3. The molecule has 1 aromatic heterocycles. The second kappa shape index (κ2) is 5.63. The Morgan fingerprint density at radius 1 is 1.36 bits per heavy atom. The van der Waals surface area contributed by atoms with Gasteiger partial charge in [-0.25, -0.2) is 4.68 Å². The third kappa shape index (κ3) is 2.36. The van der Waals surface area contributed by atoms with E-state index in [4.69, 9.17) is 4.74 Å². The van der Waals surface area contributed by atoms with Gasteiger partial charge in [0.25, 0.3) is 0 Å². The van der Waals surface area contributed by atoms with Crippen molar-refractivity contribution in [1.29, 1.82) is 0 Å². The van der Waals surface area contributed by atoms with E-state index < -0.39 is 0 Å². The zero-order valence-electron chi connectivity index (χ0n) is 12.8. The first-order chi connectivity index (χ1) is 10.6. The van der Waals surface area contributed by atoms with Crippen LogP contribution in [-0.4, -0.2) is 27.2 Å². The Bertz CT molecular complexity index is 731. The van der Waals surface area contributed by atoms with Gasteiger partial charge < -0.3 is 10.1 Å². The summed E-state index contributed by atoms with van der Waals surface area (Å²) in [5, 5.41) is 7.39. The van der Waals surface area contributed by atoms with Crippen molar-refractivity contribution in [2.75, 3.05) is 11.9 Å². The topological polar surface area (TPSA) is 69.0 Å². The molecule has 6 nitrogen and oxygen atoms in total. The van der Waals surface area contributed by atoms with Crippen LogP contribution in [0.25, 0.3) is 0 Å². The van der Waals surface area contributed by atoms with E-state index in [1.165, 1.54) is 6.33 Å². The number of nitrogens with one attached hydrogen (secondary N) is 1. The molecule has 3 rings (SSSR count). The van der Waals surface area contributed by atoms with Gasteiger partial charge in [-0.3, -0.25) is 4.79 Å². The van der Waals surface area contributed by atoms with Gasteiger partial charge >= 0.3 is 0 Å². The van der Waals surface area contributed by atoms with Gasteiger partial charge in [0, 0.05) is 11.3 Å². The number of aromatic nitrogens is 3. The van der Waals surface area contributed by atoms with Gasteiger partial charge in [0.15, 0.2) is 5.78 Å². The van der Waals surface area contributed by atoms with E-state index in [1.807, 2.05) is 38.1 Å². The predicted octanol–water partition coefficient (Wildman–Crippen LogP) is 2.55. The number of fused-ring (bicyclic) bond motifs is 1.